The highest BCUT2D eigenvalue weighted by Gasteiger charge is 2.14. The summed E-state index contributed by atoms with van der Waals surface area (Å²) in [6.07, 6.45) is 2.38. The van der Waals surface area contributed by atoms with Crippen LogP contribution in [-0.2, 0) is 6.42 Å². The minimum absolute atomic E-state index is 0.539. The van der Waals surface area contributed by atoms with Crippen LogP contribution in [0.2, 0.25) is 0 Å². The maximum Gasteiger partial charge on any atom is 0.161 e. The number of aliphatic hydroxyl groups excluding tert-OH is 2. The first-order chi connectivity index (χ1) is 10.6. The van der Waals surface area contributed by atoms with Crippen molar-refractivity contribution in [2.45, 2.75) is 65.1 Å². The van der Waals surface area contributed by atoms with Gasteiger partial charge in [-0.05, 0) is 49.8 Å². The van der Waals surface area contributed by atoms with Crippen LogP contribution in [0.4, 0.5) is 0 Å². The maximum absolute atomic E-state index is 9.85. The van der Waals surface area contributed by atoms with Crippen LogP contribution in [0.1, 0.15) is 52.0 Å². The van der Waals surface area contributed by atoms with Gasteiger partial charge in [0.15, 0.2) is 11.5 Å². The van der Waals surface area contributed by atoms with Crippen molar-refractivity contribution in [3.63, 3.8) is 0 Å². The number of hydrogen-bond acceptors (Lipinski definition) is 4. The fraction of sp³-hybridized carbons (Fsp3) is 0.667. The molecule has 2 unspecified atom stereocenters. The molecular formula is C18H30O4. The van der Waals surface area contributed by atoms with Crippen LogP contribution >= 0.6 is 0 Å². The molecule has 2 N–H and O–H groups in total. The molecule has 0 fully saturated rings. The van der Waals surface area contributed by atoms with Gasteiger partial charge in [0.25, 0.3) is 0 Å². The number of ether oxygens (including phenoxy) is 2. The molecular weight excluding hydrogens is 280 g/mol. The predicted molar refractivity (Wildman–Crippen MR) is 88.6 cm³/mol. The number of hydrogen-bond donors (Lipinski definition) is 2. The zero-order valence-corrected chi connectivity index (χ0v) is 14.0. The summed E-state index contributed by atoms with van der Waals surface area (Å²) in [5.74, 6) is 1.53. The van der Waals surface area contributed by atoms with Crippen molar-refractivity contribution in [2.75, 3.05) is 13.2 Å². The fourth-order valence-corrected chi connectivity index (χ4v) is 2.14. The number of aliphatic hydroxyl groups is 2. The van der Waals surface area contributed by atoms with E-state index < -0.39 is 12.2 Å². The van der Waals surface area contributed by atoms with E-state index in [0.29, 0.717) is 32.5 Å². The lowest BCUT2D eigenvalue weighted by molar-refractivity contribution is 0.0130. The van der Waals surface area contributed by atoms with E-state index in [1.165, 1.54) is 0 Å². The third-order valence-corrected chi connectivity index (χ3v) is 3.52. The van der Waals surface area contributed by atoms with Crippen molar-refractivity contribution < 1.29 is 19.7 Å². The Hall–Kier alpha value is -1.26. The molecule has 0 aliphatic carbocycles. The number of benzene rings is 1. The SMILES string of the molecule is CCCOc1ccc(CCC(O)C(O)CC)cc1OCCC. The normalized spacial score (nSPS) is 13.7. The number of aryl methyl sites for hydroxylation is 1. The van der Waals surface area contributed by atoms with E-state index >= 15 is 0 Å². The molecule has 4 nitrogen and oxygen atoms in total. The fourth-order valence-electron chi connectivity index (χ4n) is 2.14. The summed E-state index contributed by atoms with van der Waals surface area (Å²) in [6.45, 7) is 7.33. The molecule has 0 aliphatic heterocycles. The molecule has 1 aromatic rings. The molecule has 1 rings (SSSR count). The summed E-state index contributed by atoms with van der Waals surface area (Å²) in [5, 5.41) is 19.5. The van der Waals surface area contributed by atoms with E-state index in [1.54, 1.807) is 0 Å². The molecule has 126 valence electrons. The smallest absolute Gasteiger partial charge is 0.161 e. The van der Waals surface area contributed by atoms with Crippen LogP contribution in [0.25, 0.3) is 0 Å². The van der Waals surface area contributed by atoms with Gasteiger partial charge in [0, 0.05) is 0 Å². The van der Waals surface area contributed by atoms with Gasteiger partial charge in [0.05, 0.1) is 25.4 Å². The Bertz CT molecular complexity index is 420. The van der Waals surface area contributed by atoms with E-state index in [4.69, 9.17) is 9.47 Å². The Morgan fingerprint density at radius 3 is 2.14 bits per heavy atom. The Morgan fingerprint density at radius 1 is 0.909 bits per heavy atom. The van der Waals surface area contributed by atoms with Gasteiger partial charge in [-0.25, -0.2) is 0 Å². The topological polar surface area (TPSA) is 58.9 Å². The van der Waals surface area contributed by atoms with E-state index in [2.05, 4.69) is 13.8 Å². The van der Waals surface area contributed by atoms with Crippen LogP contribution in [0, 0.1) is 0 Å². The Kier molecular flexibility index (Phi) is 8.94. The average Bonchev–Trinajstić information content (AvgIpc) is 2.55. The van der Waals surface area contributed by atoms with Crippen LogP contribution in [0.15, 0.2) is 18.2 Å². The molecule has 0 radical (unpaired) electrons. The van der Waals surface area contributed by atoms with Crippen molar-refractivity contribution in [1.29, 1.82) is 0 Å². The van der Waals surface area contributed by atoms with Gasteiger partial charge in [-0.2, -0.15) is 0 Å². The van der Waals surface area contributed by atoms with Gasteiger partial charge in [-0.1, -0.05) is 26.8 Å². The molecule has 4 heteroatoms. The van der Waals surface area contributed by atoms with Gasteiger partial charge in [0.2, 0.25) is 0 Å². The molecule has 0 amide bonds. The van der Waals surface area contributed by atoms with Gasteiger partial charge in [-0.3, -0.25) is 0 Å². The molecule has 0 heterocycles. The summed E-state index contributed by atoms with van der Waals surface area (Å²) in [7, 11) is 0. The summed E-state index contributed by atoms with van der Waals surface area (Å²) in [6, 6.07) is 5.90. The molecule has 0 aromatic heterocycles. The highest BCUT2D eigenvalue weighted by Crippen LogP contribution is 2.29. The summed E-state index contributed by atoms with van der Waals surface area (Å²) in [4.78, 5) is 0. The second kappa shape index (κ2) is 10.5. The van der Waals surface area contributed by atoms with Crippen LogP contribution in [0.5, 0.6) is 11.5 Å². The van der Waals surface area contributed by atoms with Gasteiger partial charge < -0.3 is 19.7 Å². The molecule has 0 spiro atoms. The van der Waals surface area contributed by atoms with Crippen molar-refractivity contribution >= 4 is 0 Å². The van der Waals surface area contributed by atoms with Gasteiger partial charge >= 0.3 is 0 Å². The Labute approximate surface area is 134 Å². The molecule has 0 bridgehead atoms. The molecule has 1 aromatic carbocycles. The minimum atomic E-state index is -0.680. The molecule has 0 aliphatic rings. The largest absolute Gasteiger partial charge is 0.490 e. The molecule has 0 saturated carbocycles. The second-order valence-corrected chi connectivity index (χ2v) is 5.56. The van der Waals surface area contributed by atoms with E-state index in [1.807, 2.05) is 25.1 Å². The lowest BCUT2D eigenvalue weighted by atomic mass is 10.0. The Balaban J connectivity index is 2.70. The standard InChI is InChI=1S/C18H30O4/c1-4-11-21-17-10-8-14(13-18(17)22-12-5-2)7-9-16(20)15(19)6-3/h8,10,13,15-16,19-20H,4-7,9,11-12H2,1-3H3. The summed E-state index contributed by atoms with van der Waals surface area (Å²) < 4.78 is 11.5. The Morgan fingerprint density at radius 2 is 1.55 bits per heavy atom. The van der Waals surface area contributed by atoms with E-state index in [0.717, 1.165) is 29.9 Å². The number of rotatable bonds is 11. The van der Waals surface area contributed by atoms with Gasteiger partial charge in [-0.15, -0.1) is 0 Å². The van der Waals surface area contributed by atoms with Crippen molar-refractivity contribution in [1.82, 2.24) is 0 Å². The van der Waals surface area contributed by atoms with Crippen molar-refractivity contribution in [3.05, 3.63) is 23.8 Å². The van der Waals surface area contributed by atoms with Crippen LogP contribution in [0.3, 0.4) is 0 Å². The lowest BCUT2D eigenvalue weighted by Gasteiger charge is -2.17. The third-order valence-electron chi connectivity index (χ3n) is 3.52. The second-order valence-electron chi connectivity index (χ2n) is 5.56. The minimum Gasteiger partial charge on any atom is -0.490 e. The summed E-state index contributed by atoms with van der Waals surface area (Å²) >= 11 is 0. The first-order valence-corrected chi connectivity index (χ1v) is 8.36. The van der Waals surface area contributed by atoms with Crippen LogP contribution in [-0.4, -0.2) is 35.6 Å². The van der Waals surface area contributed by atoms with Gasteiger partial charge in [0.1, 0.15) is 0 Å². The molecule has 2 atom stereocenters. The van der Waals surface area contributed by atoms with Crippen LogP contribution < -0.4 is 9.47 Å². The first-order valence-electron chi connectivity index (χ1n) is 8.36. The highest BCUT2D eigenvalue weighted by atomic mass is 16.5. The zero-order chi connectivity index (χ0) is 16.4. The highest BCUT2D eigenvalue weighted by molar-refractivity contribution is 5.43. The zero-order valence-electron chi connectivity index (χ0n) is 14.0. The van der Waals surface area contributed by atoms with E-state index in [-0.39, 0.29) is 0 Å². The summed E-state index contributed by atoms with van der Waals surface area (Å²) in [5.41, 5.74) is 1.08. The third kappa shape index (κ3) is 6.24. The van der Waals surface area contributed by atoms with E-state index in [9.17, 15) is 10.2 Å². The first kappa shape index (κ1) is 18.8. The average molecular weight is 310 g/mol. The predicted octanol–water partition coefficient (Wildman–Crippen LogP) is 3.33. The monoisotopic (exact) mass is 310 g/mol. The lowest BCUT2D eigenvalue weighted by Crippen LogP contribution is -2.25. The molecule has 0 saturated heterocycles. The van der Waals surface area contributed by atoms with Crippen molar-refractivity contribution in [2.24, 2.45) is 0 Å². The van der Waals surface area contributed by atoms with Crippen molar-refractivity contribution in [3.8, 4) is 11.5 Å². The maximum atomic E-state index is 9.85. The molecule has 22 heavy (non-hydrogen) atoms. The quantitative estimate of drug-likeness (QED) is 0.658.